The summed E-state index contributed by atoms with van der Waals surface area (Å²) in [6.45, 7) is 2.02. The maximum atomic E-state index is 13.3. The fourth-order valence-electron chi connectivity index (χ4n) is 2.47. The number of hydrogen-bond acceptors (Lipinski definition) is 3. The Labute approximate surface area is 99.7 Å². The van der Waals surface area contributed by atoms with Gasteiger partial charge < -0.3 is 10.2 Å². The molecule has 0 aromatic rings. The monoisotopic (exact) mass is 234 g/mol. The predicted octanol–water partition coefficient (Wildman–Crippen LogP) is 2.09. The second-order valence-electron chi connectivity index (χ2n) is 4.58. The highest BCUT2D eigenvalue weighted by molar-refractivity contribution is 6.04. The molecule has 0 amide bonds. The molecule has 2 bridgehead atoms. The number of nitrogens with one attached hydrogen (secondary N) is 1. The van der Waals surface area contributed by atoms with Gasteiger partial charge in [0.15, 0.2) is 6.10 Å². The van der Waals surface area contributed by atoms with Gasteiger partial charge in [-0.15, -0.1) is 0 Å². The van der Waals surface area contributed by atoms with Crippen molar-refractivity contribution in [3.05, 3.63) is 35.7 Å². The first-order valence-electron chi connectivity index (χ1n) is 6.05. The van der Waals surface area contributed by atoms with Gasteiger partial charge in [0.1, 0.15) is 5.83 Å². The maximum absolute atomic E-state index is 13.3. The molecule has 1 aliphatic carbocycles. The number of rotatable bonds is 1. The van der Waals surface area contributed by atoms with Gasteiger partial charge in [0.05, 0.1) is 5.71 Å². The van der Waals surface area contributed by atoms with E-state index in [2.05, 4.69) is 10.5 Å². The molecule has 0 saturated carbocycles. The third-order valence-corrected chi connectivity index (χ3v) is 3.38. The van der Waals surface area contributed by atoms with E-state index in [0.29, 0.717) is 5.92 Å². The summed E-state index contributed by atoms with van der Waals surface area (Å²) in [6.07, 6.45) is 8.43. The van der Waals surface area contributed by atoms with Crippen molar-refractivity contribution < 1.29 is 9.23 Å². The summed E-state index contributed by atoms with van der Waals surface area (Å²) in [5.74, 6) is 0.164. The van der Waals surface area contributed by atoms with Gasteiger partial charge in [-0.2, -0.15) is 0 Å². The lowest BCUT2D eigenvalue weighted by atomic mass is 9.88. The zero-order chi connectivity index (χ0) is 11.7. The summed E-state index contributed by atoms with van der Waals surface area (Å²) in [4.78, 5) is 5.30. The lowest BCUT2D eigenvalue weighted by Gasteiger charge is -2.26. The van der Waals surface area contributed by atoms with Crippen LogP contribution in [-0.4, -0.2) is 24.9 Å². The van der Waals surface area contributed by atoms with Gasteiger partial charge in [-0.3, -0.25) is 0 Å². The van der Waals surface area contributed by atoms with Crippen LogP contribution < -0.4 is 5.32 Å². The lowest BCUT2D eigenvalue weighted by molar-refractivity contribution is 0.117. The zero-order valence-electron chi connectivity index (χ0n) is 9.53. The standard InChI is InChI=1S/C13H15FN2O/c14-11-2-1-10-7-12(8-11)17-16-13(10)9-3-5-15-6-4-9/h1-2,7-9,12,15H,3-6H2. The van der Waals surface area contributed by atoms with Crippen LogP contribution in [0.2, 0.25) is 0 Å². The molecule has 2 heterocycles. The fraction of sp³-hybridized carbons (Fsp3) is 0.462. The van der Waals surface area contributed by atoms with Crippen molar-refractivity contribution in [2.24, 2.45) is 11.1 Å². The quantitative estimate of drug-likeness (QED) is 0.753. The van der Waals surface area contributed by atoms with E-state index in [-0.39, 0.29) is 11.9 Å². The number of nitrogens with zero attached hydrogens (tertiary/aromatic N) is 1. The number of oxime groups is 1. The molecule has 4 heteroatoms. The topological polar surface area (TPSA) is 33.6 Å². The zero-order valence-corrected chi connectivity index (χ0v) is 9.53. The van der Waals surface area contributed by atoms with Crippen LogP contribution in [0, 0.1) is 5.92 Å². The molecule has 1 atom stereocenters. The van der Waals surface area contributed by atoms with Gasteiger partial charge in [-0.1, -0.05) is 11.2 Å². The summed E-state index contributed by atoms with van der Waals surface area (Å²) in [5, 5.41) is 7.52. The van der Waals surface area contributed by atoms with Gasteiger partial charge in [0.2, 0.25) is 0 Å². The molecule has 90 valence electrons. The molecule has 1 unspecified atom stereocenters. The van der Waals surface area contributed by atoms with E-state index >= 15 is 0 Å². The van der Waals surface area contributed by atoms with E-state index in [9.17, 15) is 4.39 Å². The van der Waals surface area contributed by atoms with Crippen LogP contribution >= 0.6 is 0 Å². The number of hydrogen-bond donors (Lipinski definition) is 1. The van der Waals surface area contributed by atoms with Crippen molar-refractivity contribution in [1.29, 1.82) is 0 Å². The van der Waals surface area contributed by atoms with Crippen LogP contribution in [-0.2, 0) is 4.84 Å². The van der Waals surface area contributed by atoms with Gasteiger partial charge in [-0.25, -0.2) is 4.39 Å². The minimum absolute atomic E-state index is 0.261. The number of piperidine rings is 1. The molecule has 0 radical (unpaired) electrons. The van der Waals surface area contributed by atoms with Crippen LogP contribution in [0.3, 0.4) is 0 Å². The van der Waals surface area contributed by atoms with E-state index in [1.807, 2.05) is 6.08 Å². The van der Waals surface area contributed by atoms with Crippen molar-refractivity contribution in [2.75, 3.05) is 13.1 Å². The molecule has 17 heavy (non-hydrogen) atoms. The molecule has 1 saturated heterocycles. The average molecular weight is 234 g/mol. The molecule has 3 aliphatic rings. The van der Waals surface area contributed by atoms with E-state index in [1.54, 1.807) is 6.08 Å². The van der Waals surface area contributed by atoms with Crippen LogP contribution in [0.4, 0.5) is 4.39 Å². The van der Waals surface area contributed by atoms with Crippen LogP contribution in [0.1, 0.15) is 12.8 Å². The minimum Gasteiger partial charge on any atom is -0.384 e. The molecular formula is C13H15FN2O. The van der Waals surface area contributed by atoms with Crippen molar-refractivity contribution in [3.8, 4) is 0 Å². The van der Waals surface area contributed by atoms with Crippen LogP contribution in [0.5, 0.6) is 0 Å². The Kier molecular flexibility index (Phi) is 2.81. The Hall–Kier alpha value is -1.42. The second kappa shape index (κ2) is 4.45. The molecule has 3 nitrogen and oxygen atoms in total. The molecule has 1 N–H and O–H groups in total. The molecule has 0 aromatic carbocycles. The van der Waals surface area contributed by atoms with E-state index in [4.69, 9.17) is 4.84 Å². The maximum Gasteiger partial charge on any atom is 0.168 e. The van der Waals surface area contributed by atoms with Crippen molar-refractivity contribution in [2.45, 2.75) is 18.9 Å². The highest BCUT2D eigenvalue weighted by Gasteiger charge is 2.26. The van der Waals surface area contributed by atoms with E-state index in [0.717, 1.165) is 37.2 Å². The first kappa shape index (κ1) is 10.7. The van der Waals surface area contributed by atoms with Gasteiger partial charge in [-0.05, 0) is 49.7 Å². The Bertz CT molecular complexity index is 431. The number of allylic oxidation sites excluding steroid dienone is 4. The summed E-state index contributed by atoms with van der Waals surface area (Å²) in [7, 11) is 0. The third kappa shape index (κ3) is 2.17. The van der Waals surface area contributed by atoms with Crippen molar-refractivity contribution in [3.63, 3.8) is 0 Å². The molecule has 1 fully saturated rings. The Balaban J connectivity index is 1.83. The normalized spacial score (nSPS) is 28.8. The average Bonchev–Trinajstić information content (AvgIpc) is 2.50. The van der Waals surface area contributed by atoms with Gasteiger partial charge >= 0.3 is 0 Å². The fourth-order valence-corrected chi connectivity index (χ4v) is 2.47. The minimum atomic E-state index is -0.356. The Morgan fingerprint density at radius 3 is 2.88 bits per heavy atom. The highest BCUT2D eigenvalue weighted by Crippen LogP contribution is 2.26. The molecule has 2 aliphatic heterocycles. The van der Waals surface area contributed by atoms with Crippen LogP contribution in [0.15, 0.2) is 40.9 Å². The molecule has 0 spiro atoms. The Morgan fingerprint density at radius 1 is 1.24 bits per heavy atom. The smallest absolute Gasteiger partial charge is 0.168 e. The number of fused-ring (bicyclic) bond motifs is 1. The SMILES string of the molecule is FC1=CC2C=C(C=C1)C(C1CCNCC1)=NO2. The summed E-state index contributed by atoms with van der Waals surface area (Å²) in [5.41, 5.74) is 1.99. The second-order valence-corrected chi connectivity index (χ2v) is 4.58. The Morgan fingerprint density at radius 2 is 2.06 bits per heavy atom. The third-order valence-electron chi connectivity index (χ3n) is 3.38. The van der Waals surface area contributed by atoms with Crippen molar-refractivity contribution in [1.82, 2.24) is 5.32 Å². The summed E-state index contributed by atoms with van der Waals surface area (Å²) < 4.78 is 13.3. The van der Waals surface area contributed by atoms with Gasteiger partial charge in [0.25, 0.3) is 0 Å². The first-order chi connectivity index (χ1) is 8.33. The predicted molar refractivity (Wildman–Crippen MR) is 64.3 cm³/mol. The van der Waals surface area contributed by atoms with Gasteiger partial charge in [0, 0.05) is 5.92 Å². The lowest BCUT2D eigenvalue weighted by Crippen LogP contribution is -2.33. The van der Waals surface area contributed by atoms with Crippen LogP contribution in [0.25, 0.3) is 0 Å². The van der Waals surface area contributed by atoms with Crippen molar-refractivity contribution >= 4 is 5.71 Å². The first-order valence-corrected chi connectivity index (χ1v) is 6.05. The summed E-state index contributed by atoms with van der Waals surface area (Å²) in [6, 6.07) is 0. The summed E-state index contributed by atoms with van der Waals surface area (Å²) >= 11 is 0. The molecule has 0 aromatic heterocycles. The van der Waals surface area contributed by atoms with E-state index in [1.165, 1.54) is 12.2 Å². The highest BCUT2D eigenvalue weighted by atomic mass is 19.1. The number of halogens is 1. The molecular weight excluding hydrogens is 219 g/mol. The largest absolute Gasteiger partial charge is 0.384 e. The molecule has 3 rings (SSSR count). The van der Waals surface area contributed by atoms with E-state index < -0.39 is 0 Å².